The van der Waals surface area contributed by atoms with E-state index in [1.54, 1.807) is 17.0 Å². The van der Waals surface area contributed by atoms with Crippen molar-refractivity contribution in [1.82, 2.24) is 10.2 Å². The third-order valence-corrected chi connectivity index (χ3v) is 8.12. The summed E-state index contributed by atoms with van der Waals surface area (Å²) in [6, 6.07) is 22.3. The average Bonchev–Trinajstić information content (AvgIpc) is 2.93. The number of amides is 2. The standard InChI is InChI=1S/C31H34BrClN2O3/c1-22-18-27(16-17-28(22)32)38-21-30(36)35(20-24-12-14-25(33)15-13-24)29(19-23-8-4-2-5-9-23)31(37)34-26-10-6-3-7-11-26/h2,4-5,8-9,12-18,26,29H,3,6-7,10-11,19-21H2,1H3,(H,34,37)/t29-/m0/s1. The molecule has 1 aliphatic rings. The third-order valence-electron chi connectivity index (χ3n) is 6.98. The van der Waals surface area contributed by atoms with Crippen LogP contribution < -0.4 is 10.1 Å². The molecule has 2 amide bonds. The lowest BCUT2D eigenvalue weighted by Gasteiger charge is -2.33. The number of benzene rings is 3. The highest BCUT2D eigenvalue weighted by atomic mass is 79.9. The fraction of sp³-hybridized carbons (Fsp3) is 0.355. The first-order valence-electron chi connectivity index (χ1n) is 13.2. The minimum absolute atomic E-state index is 0.123. The molecule has 1 N–H and O–H groups in total. The van der Waals surface area contributed by atoms with Crippen molar-refractivity contribution in [2.45, 2.75) is 64.1 Å². The second kappa shape index (κ2) is 13.8. The van der Waals surface area contributed by atoms with Crippen LogP contribution in [-0.2, 0) is 22.6 Å². The molecule has 0 radical (unpaired) electrons. The predicted molar refractivity (Wildman–Crippen MR) is 155 cm³/mol. The van der Waals surface area contributed by atoms with E-state index in [1.807, 2.05) is 67.6 Å². The molecule has 7 heteroatoms. The fourth-order valence-corrected chi connectivity index (χ4v) is 5.19. The summed E-state index contributed by atoms with van der Waals surface area (Å²) in [7, 11) is 0. The summed E-state index contributed by atoms with van der Waals surface area (Å²) in [6.07, 6.45) is 5.79. The van der Waals surface area contributed by atoms with Gasteiger partial charge >= 0.3 is 0 Å². The van der Waals surface area contributed by atoms with Gasteiger partial charge in [-0.3, -0.25) is 9.59 Å². The molecule has 4 rings (SSSR count). The first kappa shape index (κ1) is 28.2. The van der Waals surface area contributed by atoms with Gasteiger partial charge < -0.3 is 15.0 Å². The van der Waals surface area contributed by atoms with Crippen LogP contribution >= 0.6 is 27.5 Å². The number of rotatable bonds is 10. The third kappa shape index (κ3) is 8.08. The number of carbonyl (C=O) groups is 2. The Labute approximate surface area is 238 Å². The van der Waals surface area contributed by atoms with Gasteiger partial charge in [0.2, 0.25) is 5.91 Å². The Morgan fingerprint density at radius 1 is 1.00 bits per heavy atom. The summed E-state index contributed by atoms with van der Waals surface area (Å²) >= 11 is 9.61. The van der Waals surface area contributed by atoms with Crippen LogP contribution in [-0.4, -0.2) is 35.4 Å². The lowest BCUT2D eigenvalue weighted by Crippen LogP contribution is -2.53. The zero-order valence-corrected chi connectivity index (χ0v) is 24.0. The molecule has 1 atom stereocenters. The van der Waals surface area contributed by atoms with Crippen LogP contribution in [0.1, 0.15) is 48.8 Å². The van der Waals surface area contributed by atoms with E-state index in [-0.39, 0.29) is 31.0 Å². The maximum atomic E-state index is 13.8. The van der Waals surface area contributed by atoms with Gasteiger partial charge in [0.05, 0.1) is 0 Å². The molecule has 0 aliphatic heterocycles. The Morgan fingerprint density at radius 2 is 1.71 bits per heavy atom. The lowest BCUT2D eigenvalue weighted by molar-refractivity contribution is -0.143. The van der Waals surface area contributed by atoms with Crippen LogP contribution in [0.5, 0.6) is 5.75 Å². The van der Waals surface area contributed by atoms with E-state index >= 15 is 0 Å². The van der Waals surface area contributed by atoms with Gasteiger partial charge in [0, 0.05) is 28.5 Å². The van der Waals surface area contributed by atoms with Gasteiger partial charge in [0.25, 0.3) is 5.91 Å². The normalized spacial score (nSPS) is 14.5. The molecule has 1 fully saturated rings. The van der Waals surface area contributed by atoms with Crippen molar-refractivity contribution >= 4 is 39.3 Å². The van der Waals surface area contributed by atoms with Crippen molar-refractivity contribution in [3.8, 4) is 5.75 Å². The van der Waals surface area contributed by atoms with E-state index in [1.165, 1.54) is 6.42 Å². The average molecular weight is 598 g/mol. The highest BCUT2D eigenvalue weighted by Crippen LogP contribution is 2.23. The molecule has 0 heterocycles. The topological polar surface area (TPSA) is 58.6 Å². The Balaban J connectivity index is 1.60. The minimum Gasteiger partial charge on any atom is -0.484 e. The summed E-state index contributed by atoms with van der Waals surface area (Å²) in [5, 5.41) is 3.88. The summed E-state index contributed by atoms with van der Waals surface area (Å²) in [5.41, 5.74) is 2.90. The van der Waals surface area contributed by atoms with Gasteiger partial charge in [-0.25, -0.2) is 0 Å². The highest BCUT2D eigenvalue weighted by molar-refractivity contribution is 9.10. The van der Waals surface area contributed by atoms with E-state index in [0.29, 0.717) is 17.2 Å². The number of aryl methyl sites for hydroxylation is 1. The minimum atomic E-state index is -0.683. The molecule has 38 heavy (non-hydrogen) atoms. The molecule has 200 valence electrons. The van der Waals surface area contributed by atoms with Gasteiger partial charge in [-0.1, -0.05) is 89.3 Å². The molecule has 0 spiro atoms. The Morgan fingerprint density at radius 3 is 2.39 bits per heavy atom. The quantitative estimate of drug-likeness (QED) is 0.277. The predicted octanol–water partition coefficient (Wildman–Crippen LogP) is 6.88. The van der Waals surface area contributed by atoms with Crippen molar-refractivity contribution in [2.75, 3.05) is 6.61 Å². The largest absolute Gasteiger partial charge is 0.484 e. The van der Waals surface area contributed by atoms with E-state index in [4.69, 9.17) is 16.3 Å². The van der Waals surface area contributed by atoms with Crippen molar-refractivity contribution in [3.63, 3.8) is 0 Å². The number of hydrogen-bond acceptors (Lipinski definition) is 3. The molecule has 5 nitrogen and oxygen atoms in total. The molecule has 0 unspecified atom stereocenters. The number of nitrogens with zero attached hydrogens (tertiary/aromatic N) is 1. The Bertz CT molecular complexity index is 1210. The Kier molecular flexibility index (Phi) is 10.2. The van der Waals surface area contributed by atoms with Gasteiger partial charge in [-0.15, -0.1) is 0 Å². The summed E-state index contributed by atoms with van der Waals surface area (Å²) in [5.74, 6) is 0.236. The maximum Gasteiger partial charge on any atom is 0.261 e. The van der Waals surface area contributed by atoms with E-state index in [9.17, 15) is 9.59 Å². The van der Waals surface area contributed by atoms with Crippen LogP contribution in [0.3, 0.4) is 0 Å². The Hall–Kier alpha value is -2.83. The highest BCUT2D eigenvalue weighted by Gasteiger charge is 2.32. The van der Waals surface area contributed by atoms with E-state index in [2.05, 4.69) is 21.2 Å². The van der Waals surface area contributed by atoms with Crippen LogP contribution in [0.4, 0.5) is 0 Å². The maximum absolute atomic E-state index is 13.8. The van der Waals surface area contributed by atoms with E-state index < -0.39 is 6.04 Å². The molecule has 3 aromatic carbocycles. The molecule has 0 bridgehead atoms. The van der Waals surface area contributed by atoms with Gasteiger partial charge in [-0.2, -0.15) is 0 Å². The molecule has 0 aromatic heterocycles. The van der Waals surface area contributed by atoms with Crippen LogP contribution in [0.25, 0.3) is 0 Å². The monoisotopic (exact) mass is 596 g/mol. The zero-order valence-electron chi connectivity index (χ0n) is 21.7. The van der Waals surface area contributed by atoms with Crippen molar-refractivity contribution in [2.24, 2.45) is 0 Å². The molecular weight excluding hydrogens is 564 g/mol. The van der Waals surface area contributed by atoms with Gasteiger partial charge in [0.1, 0.15) is 11.8 Å². The second-order valence-electron chi connectivity index (χ2n) is 9.90. The smallest absolute Gasteiger partial charge is 0.261 e. The first-order chi connectivity index (χ1) is 18.4. The number of ether oxygens (including phenoxy) is 1. The van der Waals surface area contributed by atoms with Crippen molar-refractivity contribution in [1.29, 1.82) is 0 Å². The number of nitrogens with one attached hydrogen (secondary N) is 1. The SMILES string of the molecule is Cc1cc(OCC(=O)N(Cc2ccc(Cl)cc2)[C@@H](Cc2ccccc2)C(=O)NC2CCCCC2)ccc1Br. The second-order valence-corrected chi connectivity index (χ2v) is 11.2. The van der Waals surface area contributed by atoms with E-state index in [0.717, 1.165) is 46.8 Å². The molecular formula is C31H34BrClN2O3. The molecule has 3 aromatic rings. The summed E-state index contributed by atoms with van der Waals surface area (Å²) in [6.45, 7) is 2.07. The zero-order chi connectivity index (χ0) is 26.9. The van der Waals surface area contributed by atoms with Crippen molar-refractivity contribution in [3.05, 3.63) is 99.0 Å². The van der Waals surface area contributed by atoms with Crippen LogP contribution in [0.2, 0.25) is 5.02 Å². The summed E-state index contributed by atoms with van der Waals surface area (Å²) in [4.78, 5) is 29.2. The van der Waals surface area contributed by atoms with Crippen LogP contribution in [0, 0.1) is 6.92 Å². The number of carbonyl (C=O) groups excluding carboxylic acids is 2. The molecule has 1 saturated carbocycles. The lowest BCUT2D eigenvalue weighted by atomic mass is 9.94. The first-order valence-corrected chi connectivity index (χ1v) is 14.3. The van der Waals surface area contributed by atoms with Crippen LogP contribution in [0.15, 0.2) is 77.3 Å². The van der Waals surface area contributed by atoms with Gasteiger partial charge in [0.15, 0.2) is 6.61 Å². The molecule has 0 saturated heterocycles. The number of halogens is 2. The van der Waals surface area contributed by atoms with Gasteiger partial charge in [-0.05, 0) is 66.8 Å². The summed E-state index contributed by atoms with van der Waals surface area (Å²) < 4.78 is 6.88. The van der Waals surface area contributed by atoms with Crippen molar-refractivity contribution < 1.29 is 14.3 Å². The molecule has 1 aliphatic carbocycles. The number of hydrogen-bond donors (Lipinski definition) is 1. The fourth-order valence-electron chi connectivity index (χ4n) is 4.82.